The van der Waals surface area contributed by atoms with E-state index in [1.807, 2.05) is 0 Å². The van der Waals surface area contributed by atoms with Crippen molar-refractivity contribution in [1.29, 1.82) is 0 Å². The molecule has 0 unspecified atom stereocenters. The Balaban J connectivity index is 1.70. The molecule has 0 saturated heterocycles. The van der Waals surface area contributed by atoms with Crippen molar-refractivity contribution in [1.82, 2.24) is 0 Å². The van der Waals surface area contributed by atoms with Gasteiger partial charge in [-0.15, -0.1) is 0 Å². The van der Waals surface area contributed by atoms with E-state index in [0.717, 1.165) is 42.9 Å². The summed E-state index contributed by atoms with van der Waals surface area (Å²) in [5, 5.41) is 10.0. The van der Waals surface area contributed by atoms with Gasteiger partial charge in [0.2, 0.25) is 0 Å². The van der Waals surface area contributed by atoms with Gasteiger partial charge in [-0.2, -0.15) is 0 Å². The predicted molar refractivity (Wildman–Crippen MR) is 121 cm³/mol. The number of rotatable bonds is 6. The lowest BCUT2D eigenvalue weighted by Crippen LogP contribution is -2.36. The maximum atomic E-state index is 10.0. The van der Waals surface area contributed by atoms with Crippen molar-refractivity contribution in [3.63, 3.8) is 0 Å². The van der Waals surface area contributed by atoms with Gasteiger partial charge < -0.3 is 5.11 Å². The summed E-state index contributed by atoms with van der Waals surface area (Å²) in [4.78, 5) is 0. The van der Waals surface area contributed by atoms with Crippen molar-refractivity contribution >= 4 is 0 Å². The summed E-state index contributed by atoms with van der Waals surface area (Å²) in [5.41, 5.74) is 4.72. The van der Waals surface area contributed by atoms with Gasteiger partial charge in [-0.1, -0.05) is 76.8 Å². The lowest BCUT2D eigenvalue weighted by Gasteiger charge is -2.44. The van der Waals surface area contributed by atoms with E-state index in [2.05, 4.69) is 46.4 Å². The molecule has 1 nitrogen and oxygen atoms in total. The highest BCUT2D eigenvalue weighted by molar-refractivity contribution is 5.36. The van der Waals surface area contributed by atoms with E-state index < -0.39 is 0 Å². The standard InChI is InChI=1S/C27H44O/c1-19(2)8-6-9-21(4)25-15-16-26-22(10-7-17-27(25,26)5)12-13-23-18-24(28)14-11-20(23)3/h12-13,19,21,24-26,28H,3,6-11,14-18H2,1-2,4-5H3/b22-12-,23-13-/t21-,24-,25+,26+,27-/m1/s1. The first kappa shape index (κ1) is 21.9. The summed E-state index contributed by atoms with van der Waals surface area (Å²) in [6, 6.07) is 0. The molecule has 28 heavy (non-hydrogen) atoms. The second-order valence-electron chi connectivity index (χ2n) is 10.8. The van der Waals surface area contributed by atoms with Crippen LogP contribution >= 0.6 is 0 Å². The summed E-state index contributed by atoms with van der Waals surface area (Å²) in [7, 11) is 0. The summed E-state index contributed by atoms with van der Waals surface area (Å²) < 4.78 is 0. The molecule has 0 radical (unpaired) electrons. The molecule has 3 rings (SSSR count). The van der Waals surface area contributed by atoms with Crippen molar-refractivity contribution in [2.75, 3.05) is 0 Å². The molecule has 1 heteroatoms. The van der Waals surface area contributed by atoms with E-state index in [1.165, 1.54) is 62.5 Å². The lowest BCUT2D eigenvalue weighted by atomic mass is 9.60. The Morgan fingerprint density at radius 2 is 1.89 bits per heavy atom. The highest BCUT2D eigenvalue weighted by Gasteiger charge is 2.50. The van der Waals surface area contributed by atoms with Crippen LogP contribution in [0.3, 0.4) is 0 Å². The summed E-state index contributed by atoms with van der Waals surface area (Å²) in [6.45, 7) is 14.1. The quantitative estimate of drug-likeness (QED) is 0.499. The summed E-state index contributed by atoms with van der Waals surface area (Å²) >= 11 is 0. The van der Waals surface area contributed by atoms with Gasteiger partial charge in [-0.3, -0.25) is 0 Å². The maximum Gasteiger partial charge on any atom is 0.0583 e. The van der Waals surface area contributed by atoms with Gasteiger partial charge in [-0.05, 0) is 86.0 Å². The Kier molecular flexibility index (Phi) is 7.29. The van der Waals surface area contributed by atoms with E-state index in [4.69, 9.17) is 0 Å². The third-order valence-electron chi connectivity index (χ3n) is 8.35. The van der Waals surface area contributed by atoms with Crippen LogP contribution in [-0.2, 0) is 0 Å². The molecule has 0 bridgehead atoms. The average Bonchev–Trinajstić information content (AvgIpc) is 2.99. The largest absolute Gasteiger partial charge is 0.393 e. The van der Waals surface area contributed by atoms with Gasteiger partial charge in [0.1, 0.15) is 0 Å². The number of hydrogen-bond acceptors (Lipinski definition) is 1. The highest BCUT2D eigenvalue weighted by Crippen LogP contribution is 2.59. The van der Waals surface area contributed by atoms with Crippen LogP contribution in [0.5, 0.6) is 0 Å². The fourth-order valence-electron chi connectivity index (χ4n) is 6.66. The fraction of sp³-hybridized carbons (Fsp3) is 0.778. The highest BCUT2D eigenvalue weighted by atomic mass is 16.3. The minimum Gasteiger partial charge on any atom is -0.393 e. The number of aliphatic hydroxyl groups excluding tert-OH is 1. The van der Waals surface area contributed by atoms with Crippen LogP contribution in [0.25, 0.3) is 0 Å². The first-order valence-corrected chi connectivity index (χ1v) is 12.1. The molecule has 3 fully saturated rings. The molecule has 5 atom stereocenters. The Labute approximate surface area is 174 Å². The minimum atomic E-state index is -0.172. The molecule has 0 aromatic rings. The summed E-state index contributed by atoms with van der Waals surface area (Å²) in [5.74, 6) is 3.37. The molecule has 0 aromatic heterocycles. The first-order chi connectivity index (χ1) is 13.3. The van der Waals surface area contributed by atoms with Crippen LogP contribution < -0.4 is 0 Å². The first-order valence-electron chi connectivity index (χ1n) is 12.1. The van der Waals surface area contributed by atoms with Crippen molar-refractivity contribution in [3.05, 3.63) is 35.5 Å². The number of aliphatic hydroxyl groups is 1. The molecule has 1 N–H and O–H groups in total. The SMILES string of the molecule is C=C1CC[C@@H](O)C/C1=C/C=C1/CCC[C@@]2(C)[C@H]1CC[C@H]2[C@H](C)CCCC(C)C. The number of fused-ring (bicyclic) bond motifs is 1. The molecule has 3 aliphatic carbocycles. The second kappa shape index (κ2) is 9.33. The van der Waals surface area contributed by atoms with Crippen molar-refractivity contribution in [2.45, 2.75) is 104 Å². The monoisotopic (exact) mass is 384 g/mol. The van der Waals surface area contributed by atoms with Crippen molar-refractivity contribution in [3.8, 4) is 0 Å². The van der Waals surface area contributed by atoms with E-state index in [1.54, 1.807) is 5.57 Å². The molecule has 158 valence electrons. The van der Waals surface area contributed by atoms with E-state index in [-0.39, 0.29) is 6.10 Å². The van der Waals surface area contributed by atoms with E-state index in [0.29, 0.717) is 5.41 Å². The maximum absolute atomic E-state index is 10.0. The van der Waals surface area contributed by atoms with Crippen LogP contribution in [0, 0.1) is 29.1 Å². The van der Waals surface area contributed by atoms with Crippen LogP contribution in [0.1, 0.15) is 98.3 Å². The van der Waals surface area contributed by atoms with Crippen LogP contribution in [0.4, 0.5) is 0 Å². The molecule has 0 aliphatic heterocycles. The number of hydrogen-bond donors (Lipinski definition) is 1. The Morgan fingerprint density at radius 1 is 1.11 bits per heavy atom. The summed E-state index contributed by atoms with van der Waals surface area (Å²) in [6.07, 6.45) is 18.2. The average molecular weight is 385 g/mol. The van der Waals surface area contributed by atoms with Crippen LogP contribution in [0.15, 0.2) is 35.5 Å². The van der Waals surface area contributed by atoms with Gasteiger partial charge in [0.05, 0.1) is 6.10 Å². The third-order valence-corrected chi connectivity index (χ3v) is 8.35. The van der Waals surface area contributed by atoms with Crippen molar-refractivity contribution < 1.29 is 5.11 Å². The molecular weight excluding hydrogens is 340 g/mol. The van der Waals surface area contributed by atoms with E-state index >= 15 is 0 Å². The zero-order valence-electron chi connectivity index (χ0n) is 19.0. The van der Waals surface area contributed by atoms with Crippen LogP contribution in [-0.4, -0.2) is 11.2 Å². The molecular formula is C27H44O. The third kappa shape index (κ3) is 4.84. The van der Waals surface area contributed by atoms with Gasteiger partial charge in [0.15, 0.2) is 0 Å². The van der Waals surface area contributed by atoms with Gasteiger partial charge in [-0.25, -0.2) is 0 Å². The normalized spacial score (nSPS) is 37.6. The Hall–Kier alpha value is -0.820. The fourth-order valence-corrected chi connectivity index (χ4v) is 6.66. The van der Waals surface area contributed by atoms with Gasteiger partial charge >= 0.3 is 0 Å². The topological polar surface area (TPSA) is 20.2 Å². The van der Waals surface area contributed by atoms with Gasteiger partial charge in [0.25, 0.3) is 0 Å². The molecule has 0 amide bonds. The smallest absolute Gasteiger partial charge is 0.0583 e. The predicted octanol–water partition coefficient (Wildman–Crippen LogP) is 7.62. The molecule has 3 saturated carbocycles. The Morgan fingerprint density at radius 3 is 2.64 bits per heavy atom. The zero-order chi connectivity index (χ0) is 20.3. The van der Waals surface area contributed by atoms with Crippen molar-refractivity contribution in [2.24, 2.45) is 29.1 Å². The molecule has 0 spiro atoms. The minimum absolute atomic E-state index is 0.172. The van der Waals surface area contributed by atoms with E-state index in [9.17, 15) is 5.11 Å². The lowest BCUT2D eigenvalue weighted by molar-refractivity contribution is 0.0929. The van der Waals surface area contributed by atoms with Crippen LogP contribution in [0.2, 0.25) is 0 Å². The van der Waals surface area contributed by atoms with Gasteiger partial charge in [0, 0.05) is 0 Å². The Bertz CT molecular complexity index is 610. The second-order valence-corrected chi connectivity index (χ2v) is 10.8. The zero-order valence-corrected chi connectivity index (χ0v) is 19.0. The number of allylic oxidation sites excluding steroid dienone is 4. The molecule has 0 aromatic carbocycles. The molecule has 3 aliphatic rings. The molecule has 0 heterocycles.